The van der Waals surface area contributed by atoms with Crippen molar-refractivity contribution in [3.63, 3.8) is 0 Å². The molecule has 0 saturated carbocycles. The van der Waals surface area contributed by atoms with Gasteiger partial charge in [-0.05, 0) is 31.2 Å². The van der Waals surface area contributed by atoms with Gasteiger partial charge in [0.2, 0.25) is 5.91 Å². The molecule has 0 spiro atoms. The Bertz CT molecular complexity index is 776. The number of carbonyl (C=O) groups excluding carboxylic acids is 2. The molecule has 136 valence electrons. The SMILES string of the molecule is CC(=O)c1ccc(NC(=O)CSc2cc(N3CCOCC3)ncn2)cc1. The van der Waals surface area contributed by atoms with Gasteiger partial charge in [-0.3, -0.25) is 9.59 Å². The van der Waals surface area contributed by atoms with Crippen LogP contribution < -0.4 is 10.2 Å². The standard InChI is InChI=1S/C18H20N4O3S/c1-13(23)14-2-4-15(5-3-14)21-17(24)11-26-18-10-16(19-12-20-18)22-6-8-25-9-7-22/h2-5,10,12H,6-9,11H2,1H3,(H,21,24). The summed E-state index contributed by atoms with van der Waals surface area (Å²) in [6.07, 6.45) is 1.52. The topological polar surface area (TPSA) is 84.4 Å². The van der Waals surface area contributed by atoms with Crippen LogP contribution in [0.1, 0.15) is 17.3 Å². The summed E-state index contributed by atoms with van der Waals surface area (Å²) in [5.41, 5.74) is 1.28. The fourth-order valence-electron chi connectivity index (χ4n) is 2.50. The van der Waals surface area contributed by atoms with E-state index in [1.54, 1.807) is 24.3 Å². The molecule has 1 aliphatic heterocycles. The first-order valence-electron chi connectivity index (χ1n) is 8.30. The second kappa shape index (κ2) is 8.77. The molecular weight excluding hydrogens is 352 g/mol. The lowest BCUT2D eigenvalue weighted by Crippen LogP contribution is -2.36. The molecule has 2 aromatic rings. The Hall–Kier alpha value is -2.45. The summed E-state index contributed by atoms with van der Waals surface area (Å²) in [5, 5.41) is 3.57. The summed E-state index contributed by atoms with van der Waals surface area (Å²) in [5.74, 6) is 0.968. The number of benzene rings is 1. The predicted molar refractivity (Wildman–Crippen MR) is 101 cm³/mol. The summed E-state index contributed by atoms with van der Waals surface area (Å²) in [4.78, 5) is 34.1. The van der Waals surface area contributed by atoms with Gasteiger partial charge in [0.15, 0.2) is 5.78 Å². The Labute approximate surface area is 156 Å². The van der Waals surface area contributed by atoms with Crippen LogP contribution in [0.15, 0.2) is 41.7 Å². The molecule has 1 saturated heterocycles. The van der Waals surface area contributed by atoms with Gasteiger partial charge in [-0.1, -0.05) is 11.8 Å². The normalized spacial score (nSPS) is 14.1. The summed E-state index contributed by atoms with van der Waals surface area (Å²) >= 11 is 1.36. The molecule has 0 aliphatic carbocycles. The molecule has 0 atom stereocenters. The van der Waals surface area contributed by atoms with Gasteiger partial charge >= 0.3 is 0 Å². The highest BCUT2D eigenvalue weighted by Crippen LogP contribution is 2.21. The maximum absolute atomic E-state index is 12.1. The van der Waals surface area contributed by atoms with E-state index in [4.69, 9.17) is 4.74 Å². The Morgan fingerprint density at radius 3 is 2.62 bits per heavy atom. The zero-order valence-corrected chi connectivity index (χ0v) is 15.3. The number of morpholine rings is 1. The van der Waals surface area contributed by atoms with Crippen molar-refractivity contribution in [2.24, 2.45) is 0 Å². The van der Waals surface area contributed by atoms with E-state index in [2.05, 4.69) is 20.2 Å². The first-order valence-corrected chi connectivity index (χ1v) is 9.29. The van der Waals surface area contributed by atoms with E-state index in [0.717, 1.165) is 23.9 Å². The predicted octanol–water partition coefficient (Wildman–Crippen LogP) is 2.25. The first-order chi connectivity index (χ1) is 12.6. The van der Waals surface area contributed by atoms with Gasteiger partial charge in [0.25, 0.3) is 0 Å². The second-order valence-electron chi connectivity index (χ2n) is 5.78. The van der Waals surface area contributed by atoms with Gasteiger partial charge in [0.1, 0.15) is 17.2 Å². The third kappa shape index (κ3) is 5.03. The number of thioether (sulfide) groups is 1. The number of hydrogen-bond donors (Lipinski definition) is 1. The van der Waals surface area contributed by atoms with E-state index in [1.807, 2.05) is 6.07 Å². The smallest absolute Gasteiger partial charge is 0.234 e. The van der Waals surface area contributed by atoms with Crippen LogP contribution in [-0.4, -0.2) is 53.7 Å². The number of amides is 1. The van der Waals surface area contributed by atoms with E-state index in [1.165, 1.54) is 25.0 Å². The fourth-order valence-corrected chi connectivity index (χ4v) is 3.16. The minimum absolute atomic E-state index is 0.00161. The number of ether oxygens (including phenoxy) is 1. The number of aromatic nitrogens is 2. The van der Waals surface area contributed by atoms with Gasteiger partial charge in [-0.25, -0.2) is 9.97 Å². The summed E-state index contributed by atoms with van der Waals surface area (Å²) in [6, 6.07) is 8.74. The number of ketones is 1. The van der Waals surface area contributed by atoms with Crippen molar-refractivity contribution in [3.05, 3.63) is 42.2 Å². The third-order valence-corrected chi connectivity index (χ3v) is 4.81. The monoisotopic (exact) mass is 372 g/mol. The van der Waals surface area contributed by atoms with Crippen molar-refractivity contribution in [1.29, 1.82) is 0 Å². The highest BCUT2D eigenvalue weighted by Gasteiger charge is 2.13. The highest BCUT2D eigenvalue weighted by atomic mass is 32.2. The molecular formula is C18H20N4O3S. The Kier molecular flexibility index (Phi) is 6.19. The number of anilines is 2. The molecule has 0 bridgehead atoms. The van der Waals surface area contributed by atoms with E-state index in [9.17, 15) is 9.59 Å². The average molecular weight is 372 g/mol. The molecule has 1 aromatic heterocycles. The van der Waals surface area contributed by atoms with E-state index < -0.39 is 0 Å². The number of Topliss-reactive ketones (excluding diaryl/α,β-unsaturated/α-hetero) is 1. The van der Waals surface area contributed by atoms with Crippen molar-refractivity contribution >= 4 is 35.0 Å². The number of rotatable bonds is 6. The summed E-state index contributed by atoms with van der Waals surface area (Å²) < 4.78 is 5.35. The fraction of sp³-hybridized carbons (Fsp3) is 0.333. The molecule has 1 aliphatic rings. The lowest BCUT2D eigenvalue weighted by atomic mass is 10.1. The van der Waals surface area contributed by atoms with Crippen LogP contribution in [0.5, 0.6) is 0 Å². The van der Waals surface area contributed by atoms with E-state index in [-0.39, 0.29) is 17.4 Å². The second-order valence-corrected chi connectivity index (χ2v) is 6.78. The van der Waals surface area contributed by atoms with Crippen LogP contribution in [0, 0.1) is 0 Å². The Balaban J connectivity index is 1.53. The largest absolute Gasteiger partial charge is 0.378 e. The molecule has 0 unspecified atom stereocenters. The number of nitrogens with zero attached hydrogens (tertiary/aromatic N) is 3. The van der Waals surface area contributed by atoms with Crippen molar-refractivity contribution < 1.29 is 14.3 Å². The first kappa shape index (κ1) is 18.3. The maximum atomic E-state index is 12.1. The molecule has 8 heteroatoms. The van der Waals surface area contributed by atoms with Gasteiger partial charge in [-0.2, -0.15) is 0 Å². The van der Waals surface area contributed by atoms with Crippen molar-refractivity contribution in [3.8, 4) is 0 Å². The molecule has 1 fully saturated rings. The highest BCUT2D eigenvalue weighted by molar-refractivity contribution is 7.99. The van der Waals surface area contributed by atoms with Crippen LogP contribution in [0.25, 0.3) is 0 Å². The van der Waals surface area contributed by atoms with E-state index >= 15 is 0 Å². The quantitative estimate of drug-likeness (QED) is 0.473. The van der Waals surface area contributed by atoms with Gasteiger partial charge in [-0.15, -0.1) is 0 Å². The minimum Gasteiger partial charge on any atom is -0.378 e. The Morgan fingerprint density at radius 1 is 1.19 bits per heavy atom. The molecule has 1 N–H and O–H groups in total. The van der Waals surface area contributed by atoms with Gasteiger partial charge in [0, 0.05) is 30.4 Å². The Morgan fingerprint density at radius 2 is 1.92 bits per heavy atom. The molecule has 26 heavy (non-hydrogen) atoms. The van der Waals surface area contributed by atoms with Gasteiger partial charge in [0.05, 0.1) is 19.0 Å². The van der Waals surface area contributed by atoms with Crippen LogP contribution in [-0.2, 0) is 9.53 Å². The minimum atomic E-state index is -0.128. The maximum Gasteiger partial charge on any atom is 0.234 e. The van der Waals surface area contributed by atoms with Crippen molar-refractivity contribution in [2.75, 3.05) is 42.3 Å². The number of nitrogens with one attached hydrogen (secondary N) is 1. The summed E-state index contributed by atoms with van der Waals surface area (Å²) in [7, 11) is 0. The number of hydrogen-bond acceptors (Lipinski definition) is 7. The average Bonchev–Trinajstić information content (AvgIpc) is 2.68. The zero-order chi connectivity index (χ0) is 18.4. The third-order valence-electron chi connectivity index (χ3n) is 3.89. The van der Waals surface area contributed by atoms with Crippen LogP contribution in [0.2, 0.25) is 0 Å². The molecule has 7 nitrogen and oxygen atoms in total. The summed E-state index contributed by atoms with van der Waals surface area (Å²) in [6.45, 7) is 4.50. The van der Waals surface area contributed by atoms with E-state index in [0.29, 0.717) is 24.5 Å². The van der Waals surface area contributed by atoms with Crippen LogP contribution in [0.4, 0.5) is 11.5 Å². The van der Waals surface area contributed by atoms with Crippen LogP contribution >= 0.6 is 11.8 Å². The van der Waals surface area contributed by atoms with Crippen LogP contribution in [0.3, 0.4) is 0 Å². The molecule has 2 heterocycles. The molecule has 3 rings (SSSR count). The molecule has 1 amide bonds. The molecule has 1 aromatic carbocycles. The van der Waals surface area contributed by atoms with Crippen molar-refractivity contribution in [1.82, 2.24) is 9.97 Å². The lowest BCUT2D eigenvalue weighted by molar-refractivity contribution is -0.113. The van der Waals surface area contributed by atoms with Crippen molar-refractivity contribution in [2.45, 2.75) is 11.9 Å². The zero-order valence-electron chi connectivity index (χ0n) is 14.5. The lowest BCUT2D eigenvalue weighted by Gasteiger charge is -2.27. The number of carbonyl (C=O) groups is 2. The molecule has 0 radical (unpaired) electrons. The van der Waals surface area contributed by atoms with Gasteiger partial charge < -0.3 is 15.0 Å².